The van der Waals surface area contributed by atoms with Gasteiger partial charge in [0.15, 0.2) is 5.75 Å². The Bertz CT molecular complexity index is 401. The van der Waals surface area contributed by atoms with Gasteiger partial charge in [-0.3, -0.25) is 0 Å². The first-order chi connectivity index (χ1) is 8.36. The largest absolute Gasteiger partial charge is 0.491 e. The highest BCUT2D eigenvalue weighted by molar-refractivity contribution is 5.45. The summed E-state index contributed by atoms with van der Waals surface area (Å²) >= 11 is 0. The first-order valence-corrected chi connectivity index (χ1v) is 6.19. The van der Waals surface area contributed by atoms with Gasteiger partial charge in [0.05, 0.1) is 13.7 Å². The monoisotopic (exact) mass is 233 g/mol. The summed E-state index contributed by atoms with van der Waals surface area (Å²) in [4.78, 5) is 4.22. The van der Waals surface area contributed by atoms with Crippen LogP contribution in [-0.2, 0) is 0 Å². The van der Waals surface area contributed by atoms with Crippen molar-refractivity contribution in [2.45, 2.75) is 32.1 Å². The molecule has 0 saturated heterocycles. The smallest absolute Gasteiger partial charge is 0.257 e. The first-order valence-electron chi connectivity index (χ1n) is 6.19. The normalized spacial score (nSPS) is 19.1. The third kappa shape index (κ3) is 2.60. The number of allylic oxidation sites excluding steroid dienone is 2. The van der Waals surface area contributed by atoms with Crippen LogP contribution in [0.15, 0.2) is 24.4 Å². The summed E-state index contributed by atoms with van der Waals surface area (Å²) in [5, 5.41) is 0. The van der Waals surface area contributed by atoms with Crippen LogP contribution in [0.5, 0.6) is 11.6 Å². The van der Waals surface area contributed by atoms with Gasteiger partial charge in [-0.15, -0.1) is 0 Å². The molecule has 0 spiro atoms. The topological polar surface area (TPSA) is 31.4 Å². The summed E-state index contributed by atoms with van der Waals surface area (Å²) in [6.07, 6.45) is 9.89. The molecule has 1 atom stereocenters. The molecule has 0 saturated carbocycles. The van der Waals surface area contributed by atoms with Crippen molar-refractivity contribution in [3.8, 4) is 11.6 Å². The van der Waals surface area contributed by atoms with E-state index in [4.69, 9.17) is 9.47 Å². The van der Waals surface area contributed by atoms with Gasteiger partial charge in [0.1, 0.15) is 0 Å². The maximum absolute atomic E-state index is 5.50. The van der Waals surface area contributed by atoms with E-state index in [2.05, 4.69) is 17.1 Å². The minimum Gasteiger partial charge on any atom is -0.491 e. The van der Waals surface area contributed by atoms with Crippen molar-refractivity contribution in [2.75, 3.05) is 13.7 Å². The Hall–Kier alpha value is -1.51. The average Bonchev–Trinajstić information content (AvgIpc) is 2.40. The van der Waals surface area contributed by atoms with Gasteiger partial charge in [0.2, 0.25) is 0 Å². The van der Waals surface area contributed by atoms with E-state index >= 15 is 0 Å². The van der Waals surface area contributed by atoms with Crippen molar-refractivity contribution < 1.29 is 9.47 Å². The Morgan fingerprint density at radius 3 is 3.00 bits per heavy atom. The second-order valence-corrected chi connectivity index (χ2v) is 4.14. The van der Waals surface area contributed by atoms with Gasteiger partial charge < -0.3 is 9.47 Å². The number of hydrogen-bond donors (Lipinski definition) is 0. The minimum atomic E-state index is 0.431. The van der Waals surface area contributed by atoms with Crippen molar-refractivity contribution in [3.63, 3.8) is 0 Å². The van der Waals surface area contributed by atoms with Crippen LogP contribution in [0.3, 0.4) is 0 Å². The quantitative estimate of drug-likeness (QED) is 0.748. The molecule has 0 aromatic carbocycles. The van der Waals surface area contributed by atoms with Crippen LogP contribution in [0, 0.1) is 0 Å². The molecule has 92 valence electrons. The third-order valence-electron chi connectivity index (χ3n) is 3.04. The summed E-state index contributed by atoms with van der Waals surface area (Å²) in [5.41, 5.74) is 1.18. The van der Waals surface area contributed by atoms with E-state index < -0.39 is 0 Å². The van der Waals surface area contributed by atoms with Gasteiger partial charge in [-0.1, -0.05) is 12.2 Å². The van der Waals surface area contributed by atoms with Gasteiger partial charge in [-0.05, 0) is 32.3 Å². The number of rotatable bonds is 4. The number of ether oxygens (including phenoxy) is 2. The second-order valence-electron chi connectivity index (χ2n) is 4.14. The number of nitrogens with zero attached hydrogens (tertiary/aromatic N) is 1. The molecule has 1 aliphatic carbocycles. The number of aromatic nitrogens is 1. The zero-order valence-electron chi connectivity index (χ0n) is 10.5. The van der Waals surface area contributed by atoms with Gasteiger partial charge in [0, 0.05) is 17.7 Å². The lowest BCUT2D eigenvalue weighted by Crippen LogP contribution is -2.05. The minimum absolute atomic E-state index is 0.431. The molecule has 17 heavy (non-hydrogen) atoms. The van der Waals surface area contributed by atoms with Crippen LogP contribution >= 0.6 is 0 Å². The molecule has 1 aromatic rings. The molecule has 0 aliphatic heterocycles. The highest BCUT2D eigenvalue weighted by Crippen LogP contribution is 2.38. The van der Waals surface area contributed by atoms with Gasteiger partial charge in [-0.2, -0.15) is 0 Å². The lowest BCUT2D eigenvalue weighted by Gasteiger charge is -2.20. The molecule has 0 radical (unpaired) electrons. The van der Waals surface area contributed by atoms with E-state index in [1.54, 1.807) is 13.3 Å². The van der Waals surface area contributed by atoms with Crippen molar-refractivity contribution in [2.24, 2.45) is 0 Å². The summed E-state index contributed by atoms with van der Waals surface area (Å²) in [5.74, 6) is 1.82. The van der Waals surface area contributed by atoms with E-state index in [9.17, 15) is 0 Å². The predicted octanol–water partition coefficient (Wildman–Crippen LogP) is 3.31. The summed E-state index contributed by atoms with van der Waals surface area (Å²) < 4.78 is 11.0. The van der Waals surface area contributed by atoms with Crippen LogP contribution in [0.25, 0.3) is 0 Å². The van der Waals surface area contributed by atoms with E-state index in [1.165, 1.54) is 24.8 Å². The molecule has 3 heteroatoms. The lowest BCUT2D eigenvalue weighted by atomic mass is 9.89. The zero-order valence-corrected chi connectivity index (χ0v) is 10.5. The highest BCUT2D eigenvalue weighted by Gasteiger charge is 2.19. The Morgan fingerprint density at radius 2 is 2.35 bits per heavy atom. The highest BCUT2D eigenvalue weighted by atomic mass is 16.5. The zero-order chi connectivity index (χ0) is 12.1. The Morgan fingerprint density at radius 1 is 1.47 bits per heavy atom. The van der Waals surface area contributed by atoms with E-state index in [-0.39, 0.29) is 0 Å². The van der Waals surface area contributed by atoms with Crippen LogP contribution in [0.2, 0.25) is 0 Å². The molecule has 0 amide bonds. The van der Waals surface area contributed by atoms with E-state index in [1.807, 2.05) is 13.0 Å². The summed E-state index contributed by atoms with van der Waals surface area (Å²) in [6.45, 7) is 2.56. The van der Waals surface area contributed by atoms with Crippen molar-refractivity contribution in [1.29, 1.82) is 0 Å². The fourth-order valence-corrected chi connectivity index (χ4v) is 2.25. The molecule has 3 nitrogen and oxygen atoms in total. The first kappa shape index (κ1) is 12.0. The molecule has 0 fully saturated rings. The molecule has 0 bridgehead atoms. The molecule has 1 aliphatic rings. The third-order valence-corrected chi connectivity index (χ3v) is 3.04. The maximum atomic E-state index is 5.50. The standard InChI is InChI=1S/C14H19NO2/c1-3-17-14-13(16-2)12(9-10-15-14)11-7-5-4-6-8-11/h5,7,9-11H,3-4,6,8H2,1-2H3. The maximum Gasteiger partial charge on any atom is 0.257 e. The van der Waals surface area contributed by atoms with Crippen LogP contribution in [0.1, 0.15) is 37.7 Å². The molecule has 1 aromatic heterocycles. The molecule has 1 heterocycles. The molecule has 0 N–H and O–H groups in total. The van der Waals surface area contributed by atoms with Crippen LogP contribution in [-0.4, -0.2) is 18.7 Å². The molecular weight excluding hydrogens is 214 g/mol. The van der Waals surface area contributed by atoms with E-state index in [0.29, 0.717) is 18.4 Å². The van der Waals surface area contributed by atoms with E-state index in [0.717, 1.165) is 5.75 Å². The predicted molar refractivity (Wildman–Crippen MR) is 67.7 cm³/mol. The SMILES string of the molecule is CCOc1nccc(C2C=CCCC2)c1OC. The second kappa shape index (κ2) is 5.71. The van der Waals surface area contributed by atoms with Gasteiger partial charge in [0.25, 0.3) is 5.88 Å². The van der Waals surface area contributed by atoms with Crippen molar-refractivity contribution in [1.82, 2.24) is 4.98 Å². The number of methoxy groups -OCH3 is 1. The number of hydrogen-bond acceptors (Lipinski definition) is 3. The van der Waals surface area contributed by atoms with Crippen molar-refractivity contribution >= 4 is 0 Å². The molecule has 1 unspecified atom stereocenters. The van der Waals surface area contributed by atoms with Crippen molar-refractivity contribution in [3.05, 3.63) is 30.0 Å². The Labute approximate surface area is 102 Å². The summed E-state index contributed by atoms with van der Waals surface area (Å²) in [7, 11) is 1.68. The molecule has 2 rings (SSSR count). The van der Waals surface area contributed by atoms with Gasteiger partial charge in [-0.25, -0.2) is 4.98 Å². The Balaban J connectivity index is 2.34. The Kier molecular flexibility index (Phi) is 4.02. The summed E-state index contributed by atoms with van der Waals surface area (Å²) in [6, 6.07) is 2.03. The van der Waals surface area contributed by atoms with Crippen LogP contribution < -0.4 is 9.47 Å². The lowest BCUT2D eigenvalue weighted by molar-refractivity contribution is 0.296. The fraction of sp³-hybridized carbons (Fsp3) is 0.500. The van der Waals surface area contributed by atoms with Gasteiger partial charge >= 0.3 is 0 Å². The molecular formula is C14H19NO2. The average molecular weight is 233 g/mol. The number of pyridine rings is 1. The fourth-order valence-electron chi connectivity index (χ4n) is 2.25. The van der Waals surface area contributed by atoms with Crippen LogP contribution in [0.4, 0.5) is 0 Å².